The van der Waals surface area contributed by atoms with Gasteiger partial charge in [0.15, 0.2) is 0 Å². The van der Waals surface area contributed by atoms with Gasteiger partial charge in [-0.15, -0.1) is 0 Å². The van der Waals surface area contributed by atoms with E-state index in [0.717, 1.165) is 6.42 Å². The van der Waals surface area contributed by atoms with E-state index in [1.807, 2.05) is 6.92 Å². The second-order valence-corrected chi connectivity index (χ2v) is 11.6. The normalized spacial score (nSPS) is 17.9. The van der Waals surface area contributed by atoms with Crippen LogP contribution in [0.2, 0.25) is 19.6 Å². The van der Waals surface area contributed by atoms with Crippen molar-refractivity contribution < 1.29 is 5.11 Å². The number of hydrogen-bond acceptors (Lipinski definition) is 1. The summed E-state index contributed by atoms with van der Waals surface area (Å²) in [7, 11) is -1.37. The van der Waals surface area contributed by atoms with Crippen LogP contribution in [0.15, 0.2) is 30.3 Å². The zero-order valence-electron chi connectivity index (χ0n) is 11.1. The van der Waals surface area contributed by atoms with E-state index in [-0.39, 0.29) is 11.1 Å². The predicted octanol–water partition coefficient (Wildman–Crippen LogP) is 3.59. The lowest BCUT2D eigenvalue weighted by Gasteiger charge is -2.42. The Morgan fingerprint density at radius 3 is 2.06 bits per heavy atom. The molecule has 1 aromatic carbocycles. The molecule has 0 aliphatic rings. The van der Waals surface area contributed by atoms with Crippen molar-refractivity contribution in [3.8, 4) is 0 Å². The number of hydrogen-bond donors (Lipinski definition) is 1. The maximum absolute atomic E-state index is 9.73. The first-order valence-electron chi connectivity index (χ1n) is 6.01. The van der Waals surface area contributed by atoms with Gasteiger partial charge >= 0.3 is 0 Å². The van der Waals surface area contributed by atoms with E-state index in [1.165, 1.54) is 5.56 Å². The van der Waals surface area contributed by atoms with Crippen LogP contribution in [0.25, 0.3) is 0 Å². The summed E-state index contributed by atoms with van der Waals surface area (Å²) in [5.41, 5.74) is 1.37. The zero-order chi connectivity index (χ0) is 12.4. The van der Waals surface area contributed by atoms with Gasteiger partial charge in [0.1, 0.15) is 0 Å². The van der Waals surface area contributed by atoms with Crippen LogP contribution in [0.5, 0.6) is 0 Å². The molecule has 1 rings (SSSR count). The van der Waals surface area contributed by atoms with Crippen LogP contribution in [-0.4, -0.2) is 19.3 Å². The second kappa shape index (κ2) is 4.72. The topological polar surface area (TPSA) is 20.2 Å². The lowest BCUT2D eigenvalue weighted by Crippen LogP contribution is -2.48. The molecular formula is C14H24OSi. The van der Waals surface area contributed by atoms with Crippen molar-refractivity contribution in [1.29, 1.82) is 0 Å². The number of benzene rings is 1. The first-order chi connectivity index (χ1) is 7.27. The van der Waals surface area contributed by atoms with Crippen LogP contribution in [0.1, 0.15) is 25.8 Å². The van der Waals surface area contributed by atoms with Crippen molar-refractivity contribution in [3.05, 3.63) is 35.9 Å². The summed E-state index contributed by atoms with van der Waals surface area (Å²) < 4.78 is 0. The Kier molecular flexibility index (Phi) is 3.97. The highest BCUT2D eigenvalue weighted by Gasteiger charge is 2.40. The van der Waals surface area contributed by atoms with Gasteiger partial charge in [-0.05, 0) is 23.9 Å². The molecule has 1 nitrogen and oxygen atoms in total. The van der Waals surface area contributed by atoms with E-state index in [4.69, 9.17) is 0 Å². The predicted molar refractivity (Wildman–Crippen MR) is 73.4 cm³/mol. The van der Waals surface area contributed by atoms with Crippen LogP contribution in [0.3, 0.4) is 0 Å². The van der Waals surface area contributed by atoms with Gasteiger partial charge in [0.25, 0.3) is 0 Å². The molecule has 0 saturated heterocycles. The van der Waals surface area contributed by atoms with Crippen molar-refractivity contribution in [3.63, 3.8) is 0 Å². The molecular weight excluding hydrogens is 212 g/mol. The van der Waals surface area contributed by atoms with E-state index in [9.17, 15) is 5.11 Å². The van der Waals surface area contributed by atoms with Crippen LogP contribution >= 0.6 is 0 Å². The highest BCUT2D eigenvalue weighted by molar-refractivity contribution is 6.79. The molecule has 2 atom stereocenters. The third kappa shape index (κ3) is 2.74. The molecule has 0 amide bonds. The highest BCUT2D eigenvalue weighted by atomic mass is 28.3. The van der Waals surface area contributed by atoms with Crippen molar-refractivity contribution in [1.82, 2.24) is 0 Å². The standard InChI is InChI=1S/C14H24OSi/c1-12(15)11-14(2,16(3,4)5)13-9-7-6-8-10-13/h6-10,12,15H,11H2,1-5H3/t12-,14+/m0/s1. The van der Waals surface area contributed by atoms with E-state index in [0.29, 0.717) is 0 Å². The van der Waals surface area contributed by atoms with Crippen LogP contribution in [-0.2, 0) is 5.04 Å². The summed E-state index contributed by atoms with van der Waals surface area (Å²) in [6.45, 7) is 11.3. The average Bonchev–Trinajstić information content (AvgIpc) is 2.16. The molecule has 0 unspecified atom stereocenters. The fourth-order valence-electron chi connectivity index (χ4n) is 2.25. The molecule has 0 aliphatic heterocycles. The lowest BCUT2D eigenvalue weighted by atomic mass is 9.94. The van der Waals surface area contributed by atoms with Crippen molar-refractivity contribution in [2.45, 2.75) is 51.1 Å². The van der Waals surface area contributed by atoms with Crippen LogP contribution < -0.4 is 0 Å². The minimum absolute atomic E-state index is 0.141. The molecule has 1 aromatic rings. The maximum atomic E-state index is 9.73. The summed E-state index contributed by atoms with van der Waals surface area (Å²) >= 11 is 0. The Hall–Kier alpha value is -0.603. The fourth-order valence-corrected chi connectivity index (χ4v) is 4.19. The van der Waals surface area contributed by atoms with E-state index in [1.54, 1.807) is 0 Å². The quantitative estimate of drug-likeness (QED) is 0.792. The third-order valence-corrected chi connectivity index (χ3v) is 7.57. The average molecular weight is 236 g/mol. The summed E-state index contributed by atoms with van der Waals surface area (Å²) in [6.07, 6.45) is 0.615. The molecule has 90 valence electrons. The first-order valence-corrected chi connectivity index (χ1v) is 9.51. The Morgan fingerprint density at radius 2 is 1.69 bits per heavy atom. The van der Waals surface area contributed by atoms with Gasteiger partial charge in [0, 0.05) is 0 Å². The van der Waals surface area contributed by atoms with E-state index < -0.39 is 8.07 Å². The van der Waals surface area contributed by atoms with Crippen LogP contribution in [0.4, 0.5) is 0 Å². The van der Waals surface area contributed by atoms with Crippen molar-refractivity contribution >= 4 is 8.07 Å². The van der Waals surface area contributed by atoms with Crippen molar-refractivity contribution in [2.24, 2.45) is 0 Å². The molecule has 0 bridgehead atoms. The molecule has 2 heteroatoms. The Morgan fingerprint density at radius 1 is 1.19 bits per heavy atom. The minimum Gasteiger partial charge on any atom is -0.393 e. The minimum atomic E-state index is -1.37. The fraction of sp³-hybridized carbons (Fsp3) is 0.571. The zero-order valence-corrected chi connectivity index (χ0v) is 12.1. The molecule has 0 saturated carbocycles. The van der Waals surface area contributed by atoms with Gasteiger partial charge in [0.2, 0.25) is 0 Å². The van der Waals surface area contributed by atoms with Gasteiger partial charge in [-0.25, -0.2) is 0 Å². The molecule has 0 heterocycles. The number of aliphatic hydroxyl groups excluding tert-OH is 1. The number of aliphatic hydroxyl groups is 1. The monoisotopic (exact) mass is 236 g/mol. The third-order valence-electron chi connectivity index (χ3n) is 3.77. The Bertz CT molecular complexity index is 326. The van der Waals surface area contributed by atoms with Gasteiger partial charge < -0.3 is 5.11 Å². The van der Waals surface area contributed by atoms with Gasteiger partial charge in [-0.2, -0.15) is 0 Å². The van der Waals surface area contributed by atoms with Gasteiger partial charge in [0.05, 0.1) is 14.2 Å². The molecule has 0 aromatic heterocycles. The smallest absolute Gasteiger partial charge is 0.0554 e. The Balaban J connectivity index is 3.16. The SMILES string of the molecule is C[C@H](O)C[C@](C)(c1ccccc1)[Si](C)(C)C. The summed E-state index contributed by atoms with van der Waals surface area (Å²) in [6, 6.07) is 10.6. The summed E-state index contributed by atoms with van der Waals surface area (Å²) in [4.78, 5) is 0. The number of rotatable bonds is 4. The second-order valence-electron chi connectivity index (χ2n) is 6.00. The van der Waals surface area contributed by atoms with Crippen LogP contribution in [0, 0.1) is 0 Å². The molecule has 16 heavy (non-hydrogen) atoms. The first kappa shape index (κ1) is 13.5. The summed E-state index contributed by atoms with van der Waals surface area (Å²) in [5.74, 6) is 0. The van der Waals surface area contributed by atoms with E-state index >= 15 is 0 Å². The Labute approximate surface area is 101 Å². The van der Waals surface area contributed by atoms with Gasteiger partial charge in [-0.1, -0.05) is 56.9 Å². The maximum Gasteiger partial charge on any atom is 0.0554 e. The molecule has 0 fully saturated rings. The highest BCUT2D eigenvalue weighted by Crippen LogP contribution is 2.38. The summed E-state index contributed by atoms with van der Waals surface area (Å²) in [5, 5.41) is 9.88. The van der Waals surface area contributed by atoms with Crippen molar-refractivity contribution in [2.75, 3.05) is 0 Å². The van der Waals surface area contributed by atoms with Gasteiger partial charge in [-0.3, -0.25) is 0 Å². The lowest BCUT2D eigenvalue weighted by molar-refractivity contribution is 0.167. The largest absolute Gasteiger partial charge is 0.393 e. The molecule has 0 spiro atoms. The van der Waals surface area contributed by atoms with E-state index in [2.05, 4.69) is 56.9 Å². The molecule has 1 N–H and O–H groups in total. The molecule has 0 radical (unpaired) electrons. The molecule has 0 aliphatic carbocycles.